The van der Waals surface area contributed by atoms with Gasteiger partial charge in [-0.3, -0.25) is 4.79 Å². The number of methoxy groups -OCH3 is 1. The van der Waals surface area contributed by atoms with Crippen molar-refractivity contribution in [1.82, 2.24) is 9.80 Å². The monoisotopic (exact) mass is 364 g/mol. The predicted molar refractivity (Wildman–Crippen MR) is 107 cm³/mol. The van der Waals surface area contributed by atoms with E-state index in [9.17, 15) is 4.79 Å². The van der Waals surface area contributed by atoms with E-state index in [1.165, 1.54) is 17.5 Å². The molecule has 27 heavy (non-hydrogen) atoms. The van der Waals surface area contributed by atoms with E-state index >= 15 is 0 Å². The van der Waals surface area contributed by atoms with Crippen molar-refractivity contribution in [3.05, 3.63) is 65.2 Å². The molecule has 4 heteroatoms. The van der Waals surface area contributed by atoms with E-state index in [0.29, 0.717) is 6.04 Å². The van der Waals surface area contributed by atoms with Crippen LogP contribution >= 0.6 is 0 Å². The summed E-state index contributed by atoms with van der Waals surface area (Å²) in [5.74, 6) is 1.14. The molecule has 0 N–H and O–H groups in total. The van der Waals surface area contributed by atoms with Crippen LogP contribution in [-0.2, 0) is 13.0 Å². The highest BCUT2D eigenvalue weighted by Crippen LogP contribution is 2.28. The fourth-order valence-corrected chi connectivity index (χ4v) is 4.33. The quantitative estimate of drug-likeness (QED) is 0.783. The Kier molecular flexibility index (Phi) is 5.44. The molecule has 0 aliphatic carbocycles. The zero-order valence-corrected chi connectivity index (χ0v) is 16.1. The SMILES string of the molecule is COc1ccc(CCCN2CCC(N3Cc4ccccc4C3=O)CC2)cc1. The molecule has 4 nitrogen and oxygen atoms in total. The number of ether oxygens (including phenoxy) is 1. The Hall–Kier alpha value is -2.33. The van der Waals surface area contributed by atoms with Crippen LogP contribution in [-0.4, -0.2) is 48.5 Å². The molecule has 0 spiro atoms. The number of hydrogen-bond acceptors (Lipinski definition) is 3. The van der Waals surface area contributed by atoms with Crippen LogP contribution in [0.25, 0.3) is 0 Å². The van der Waals surface area contributed by atoms with Gasteiger partial charge in [-0.15, -0.1) is 0 Å². The van der Waals surface area contributed by atoms with Crippen molar-refractivity contribution in [3.63, 3.8) is 0 Å². The highest BCUT2D eigenvalue weighted by atomic mass is 16.5. The molecule has 2 aromatic carbocycles. The number of benzene rings is 2. The van der Waals surface area contributed by atoms with Crippen molar-refractivity contribution in [2.75, 3.05) is 26.7 Å². The van der Waals surface area contributed by atoms with E-state index in [1.54, 1.807) is 7.11 Å². The molecule has 0 bridgehead atoms. The largest absolute Gasteiger partial charge is 0.497 e. The number of aryl methyl sites for hydroxylation is 1. The Morgan fingerprint density at radius 3 is 2.48 bits per heavy atom. The van der Waals surface area contributed by atoms with Gasteiger partial charge in [0.15, 0.2) is 0 Å². The van der Waals surface area contributed by atoms with Crippen molar-refractivity contribution in [1.29, 1.82) is 0 Å². The molecule has 4 rings (SSSR count). The molecule has 1 saturated heterocycles. The van der Waals surface area contributed by atoms with E-state index in [-0.39, 0.29) is 5.91 Å². The molecule has 1 fully saturated rings. The number of rotatable bonds is 6. The molecule has 0 aromatic heterocycles. The number of piperidine rings is 1. The van der Waals surface area contributed by atoms with E-state index in [0.717, 1.165) is 56.8 Å². The maximum Gasteiger partial charge on any atom is 0.254 e. The molecule has 2 aliphatic rings. The topological polar surface area (TPSA) is 32.8 Å². The summed E-state index contributed by atoms with van der Waals surface area (Å²) in [6.07, 6.45) is 4.44. The first-order chi connectivity index (χ1) is 13.2. The Labute approximate surface area is 161 Å². The van der Waals surface area contributed by atoms with E-state index in [1.807, 2.05) is 30.3 Å². The van der Waals surface area contributed by atoms with Gasteiger partial charge in [-0.1, -0.05) is 30.3 Å². The number of carbonyl (C=O) groups is 1. The van der Waals surface area contributed by atoms with Gasteiger partial charge >= 0.3 is 0 Å². The van der Waals surface area contributed by atoms with Crippen LogP contribution in [0.3, 0.4) is 0 Å². The molecule has 0 radical (unpaired) electrons. The standard InChI is InChI=1S/C23H28N2O2/c1-27-21-10-8-18(9-11-21)5-4-14-24-15-12-20(13-16-24)25-17-19-6-2-3-7-22(19)23(25)26/h2-3,6-11,20H,4-5,12-17H2,1H3. The Morgan fingerprint density at radius 2 is 1.78 bits per heavy atom. The molecule has 1 amide bonds. The summed E-state index contributed by atoms with van der Waals surface area (Å²) in [5, 5.41) is 0. The first-order valence-corrected chi connectivity index (χ1v) is 9.99. The third kappa shape index (κ3) is 4.01. The number of likely N-dealkylation sites (tertiary alicyclic amines) is 1. The zero-order valence-electron chi connectivity index (χ0n) is 16.1. The van der Waals surface area contributed by atoms with Crippen LogP contribution in [0, 0.1) is 0 Å². The van der Waals surface area contributed by atoms with Gasteiger partial charge in [0.1, 0.15) is 5.75 Å². The molecule has 0 atom stereocenters. The van der Waals surface area contributed by atoms with Gasteiger partial charge in [0.2, 0.25) is 0 Å². The van der Waals surface area contributed by atoms with Gasteiger partial charge in [0.25, 0.3) is 5.91 Å². The van der Waals surface area contributed by atoms with Crippen molar-refractivity contribution in [2.24, 2.45) is 0 Å². The van der Waals surface area contributed by atoms with Crippen LogP contribution < -0.4 is 4.74 Å². The Bertz CT molecular complexity index is 779. The smallest absolute Gasteiger partial charge is 0.254 e. The van der Waals surface area contributed by atoms with Crippen LogP contribution in [0.5, 0.6) is 5.75 Å². The molecule has 2 aliphatic heterocycles. The summed E-state index contributed by atoms with van der Waals surface area (Å²) in [7, 11) is 1.70. The van der Waals surface area contributed by atoms with E-state index < -0.39 is 0 Å². The summed E-state index contributed by atoms with van der Waals surface area (Å²) >= 11 is 0. The van der Waals surface area contributed by atoms with Gasteiger partial charge in [-0.25, -0.2) is 0 Å². The summed E-state index contributed by atoms with van der Waals surface area (Å²) in [6.45, 7) is 4.10. The van der Waals surface area contributed by atoms with Crippen molar-refractivity contribution < 1.29 is 9.53 Å². The minimum atomic E-state index is 0.226. The van der Waals surface area contributed by atoms with Crippen LogP contribution in [0.2, 0.25) is 0 Å². The summed E-state index contributed by atoms with van der Waals surface area (Å²) in [4.78, 5) is 17.3. The highest BCUT2D eigenvalue weighted by molar-refractivity contribution is 5.98. The van der Waals surface area contributed by atoms with E-state index in [4.69, 9.17) is 4.74 Å². The zero-order chi connectivity index (χ0) is 18.6. The van der Waals surface area contributed by atoms with E-state index in [2.05, 4.69) is 28.0 Å². The van der Waals surface area contributed by atoms with Crippen LogP contribution in [0.1, 0.15) is 40.7 Å². The first-order valence-electron chi connectivity index (χ1n) is 9.99. The molecule has 142 valence electrons. The second kappa shape index (κ2) is 8.13. The summed E-state index contributed by atoms with van der Waals surface area (Å²) < 4.78 is 5.21. The Balaban J connectivity index is 1.22. The van der Waals surface area contributed by atoms with Gasteiger partial charge < -0.3 is 14.5 Å². The van der Waals surface area contributed by atoms with Crippen LogP contribution in [0.15, 0.2) is 48.5 Å². The molecule has 0 unspecified atom stereocenters. The van der Waals surface area contributed by atoms with Crippen molar-refractivity contribution in [3.8, 4) is 5.75 Å². The number of fused-ring (bicyclic) bond motifs is 1. The normalized spacial score (nSPS) is 18.0. The van der Waals surface area contributed by atoms with Gasteiger partial charge in [0.05, 0.1) is 7.11 Å². The fraction of sp³-hybridized carbons (Fsp3) is 0.435. The Morgan fingerprint density at radius 1 is 1.04 bits per heavy atom. The lowest BCUT2D eigenvalue weighted by Gasteiger charge is -2.36. The maximum absolute atomic E-state index is 12.7. The lowest BCUT2D eigenvalue weighted by Crippen LogP contribution is -2.45. The lowest BCUT2D eigenvalue weighted by atomic mass is 10.0. The maximum atomic E-state index is 12.7. The second-order valence-corrected chi connectivity index (χ2v) is 7.61. The lowest BCUT2D eigenvalue weighted by molar-refractivity contribution is 0.0596. The van der Waals surface area contributed by atoms with Gasteiger partial charge in [-0.05, 0) is 61.6 Å². The van der Waals surface area contributed by atoms with Crippen molar-refractivity contribution >= 4 is 5.91 Å². The minimum Gasteiger partial charge on any atom is -0.497 e. The average molecular weight is 364 g/mol. The van der Waals surface area contributed by atoms with Gasteiger partial charge in [0, 0.05) is 31.2 Å². The predicted octanol–water partition coefficient (Wildman–Crippen LogP) is 3.75. The third-order valence-electron chi connectivity index (χ3n) is 5.95. The number of nitrogens with zero attached hydrogens (tertiary/aromatic N) is 2. The van der Waals surface area contributed by atoms with Crippen molar-refractivity contribution in [2.45, 2.75) is 38.3 Å². The highest BCUT2D eigenvalue weighted by Gasteiger charge is 2.33. The van der Waals surface area contributed by atoms with Crippen LogP contribution in [0.4, 0.5) is 0 Å². The fourth-order valence-electron chi connectivity index (χ4n) is 4.33. The number of amides is 1. The number of carbonyl (C=O) groups excluding carboxylic acids is 1. The first kappa shape index (κ1) is 18.1. The average Bonchev–Trinajstić information content (AvgIpc) is 3.06. The molecular weight excluding hydrogens is 336 g/mol. The minimum absolute atomic E-state index is 0.226. The molecule has 0 saturated carbocycles. The number of hydrogen-bond donors (Lipinski definition) is 0. The summed E-state index contributed by atoms with van der Waals surface area (Å²) in [5.41, 5.74) is 3.45. The summed E-state index contributed by atoms with van der Waals surface area (Å²) in [6, 6.07) is 16.8. The third-order valence-corrected chi connectivity index (χ3v) is 5.95. The molecule has 2 aromatic rings. The molecule has 2 heterocycles. The molecular formula is C23H28N2O2. The van der Waals surface area contributed by atoms with Gasteiger partial charge in [-0.2, -0.15) is 0 Å². The second-order valence-electron chi connectivity index (χ2n) is 7.61.